The van der Waals surface area contributed by atoms with Crippen LogP contribution in [0.15, 0.2) is 279 Å². The van der Waals surface area contributed by atoms with Crippen molar-refractivity contribution in [2.75, 3.05) is 4.90 Å². The van der Waals surface area contributed by atoms with Crippen molar-refractivity contribution in [3.8, 4) is 22.8 Å². The number of para-hydroxylation sites is 2. The summed E-state index contributed by atoms with van der Waals surface area (Å²) in [4.78, 5) is 20.4. The first-order valence-electron chi connectivity index (χ1n) is 28.9. The highest BCUT2D eigenvalue weighted by atomic mass is 28.3. The van der Waals surface area contributed by atoms with E-state index in [1.165, 1.54) is 90.4 Å². The van der Waals surface area contributed by atoms with Gasteiger partial charge in [-0.05, 0) is 132 Å². The van der Waals surface area contributed by atoms with Crippen molar-refractivity contribution in [3.05, 3.63) is 290 Å². The standard InChI is InChI=1S/C74H62N4Si2/c1-7-28-57(29-8-1)79(58-30-9-2-10-31-58,59-32-11-3-12-33-59)68-45-25-21-41-64(68)71-75-72(65-42-22-26-46-69(65)80(60-34-13-4-14-35-60,61-36-15-5-16-37-61)62-38-17-6-18-39-62)77-73(76-71)78-66-43-23-19-27-55(66)52-74-50-53-47-54(51-74)49-56(48-53)70(74)63-40-20-24-44-67(63)78/h1-46,53-54,56,70H,47-52H2. The summed E-state index contributed by atoms with van der Waals surface area (Å²) in [5.74, 6) is 4.71. The van der Waals surface area contributed by atoms with Crippen LogP contribution in [0.25, 0.3) is 22.8 Å². The van der Waals surface area contributed by atoms with Crippen LogP contribution in [-0.2, 0) is 6.42 Å². The van der Waals surface area contributed by atoms with Gasteiger partial charge in [0.1, 0.15) is 0 Å². The van der Waals surface area contributed by atoms with Gasteiger partial charge in [0.2, 0.25) is 5.95 Å². The summed E-state index contributed by atoms with van der Waals surface area (Å²) >= 11 is 0. The molecule has 4 nitrogen and oxygen atoms in total. The molecule has 1 aliphatic heterocycles. The summed E-state index contributed by atoms with van der Waals surface area (Å²) in [6.45, 7) is 0. The number of rotatable bonds is 11. The van der Waals surface area contributed by atoms with Gasteiger partial charge in [-0.2, -0.15) is 9.97 Å². The summed E-state index contributed by atoms with van der Waals surface area (Å²) in [5.41, 5.74) is 7.40. The van der Waals surface area contributed by atoms with Gasteiger partial charge in [-0.15, -0.1) is 0 Å². The van der Waals surface area contributed by atoms with E-state index in [0.29, 0.717) is 29.4 Å². The second-order valence-corrected chi connectivity index (χ2v) is 30.8. The molecule has 4 bridgehead atoms. The Morgan fingerprint density at radius 3 is 1.15 bits per heavy atom. The molecule has 3 atom stereocenters. The van der Waals surface area contributed by atoms with Crippen molar-refractivity contribution in [1.29, 1.82) is 0 Å². The molecule has 6 heteroatoms. The van der Waals surface area contributed by atoms with Gasteiger partial charge in [0.15, 0.2) is 27.8 Å². The Kier molecular flexibility index (Phi) is 12.1. The SMILES string of the molecule is c1ccc([Si](c2ccccc2)(c2ccccc2)c2ccccc2-c2nc(-c3ccccc3[Si](c3ccccc3)(c3ccccc3)c3ccccc3)nc(N3c4ccccc4CC45CC6CC(CC(C6)C4c4ccccc43)C5)n2)cc1. The van der Waals surface area contributed by atoms with Gasteiger partial charge in [0.25, 0.3) is 0 Å². The molecule has 386 valence electrons. The minimum absolute atomic E-state index is 0.223. The maximum atomic E-state index is 5.98. The molecule has 16 rings (SSSR count). The van der Waals surface area contributed by atoms with Crippen molar-refractivity contribution in [2.45, 2.75) is 44.4 Å². The van der Waals surface area contributed by atoms with Gasteiger partial charge in [-0.3, -0.25) is 4.90 Å². The van der Waals surface area contributed by atoms with E-state index in [-0.39, 0.29) is 5.41 Å². The molecule has 0 N–H and O–H groups in total. The molecule has 4 saturated carbocycles. The van der Waals surface area contributed by atoms with Gasteiger partial charge >= 0.3 is 0 Å². The Morgan fingerprint density at radius 2 is 0.713 bits per heavy atom. The highest BCUT2D eigenvalue weighted by Crippen LogP contribution is 2.69. The van der Waals surface area contributed by atoms with E-state index in [1.807, 2.05) is 0 Å². The van der Waals surface area contributed by atoms with Gasteiger partial charge in [-0.25, -0.2) is 4.98 Å². The third kappa shape index (κ3) is 7.78. The predicted molar refractivity (Wildman–Crippen MR) is 335 cm³/mol. The number of hydrogen-bond donors (Lipinski definition) is 0. The molecule has 5 aliphatic rings. The largest absolute Gasteiger partial charge is 0.278 e. The van der Waals surface area contributed by atoms with Crippen LogP contribution in [0.5, 0.6) is 0 Å². The van der Waals surface area contributed by atoms with E-state index in [0.717, 1.165) is 35.1 Å². The number of fused-ring (bicyclic) bond motifs is 2. The molecule has 2 heterocycles. The van der Waals surface area contributed by atoms with Gasteiger partial charge in [0, 0.05) is 11.1 Å². The Balaban J connectivity index is 1.05. The molecule has 4 fully saturated rings. The highest BCUT2D eigenvalue weighted by molar-refractivity contribution is 7.21. The predicted octanol–water partition coefficient (Wildman–Crippen LogP) is 11.9. The Bertz CT molecular complexity index is 3610. The van der Waals surface area contributed by atoms with E-state index in [1.54, 1.807) is 0 Å². The first-order valence-corrected chi connectivity index (χ1v) is 32.9. The fourth-order valence-corrected chi connectivity index (χ4v) is 26.3. The molecule has 3 unspecified atom stereocenters. The average molecular weight is 1060 g/mol. The minimum Gasteiger partial charge on any atom is -0.278 e. The fourth-order valence-electron chi connectivity index (χ4n) is 16.4. The van der Waals surface area contributed by atoms with Crippen LogP contribution < -0.4 is 46.4 Å². The molecule has 10 aromatic carbocycles. The maximum absolute atomic E-state index is 5.98. The Hall–Kier alpha value is -8.56. The lowest BCUT2D eigenvalue weighted by molar-refractivity contribution is -0.0752. The number of nitrogens with zero attached hydrogens (tertiary/aromatic N) is 4. The lowest BCUT2D eigenvalue weighted by atomic mass is 9.42. The van der Waals surface area contributed by atoms with Crippen molar-refractivity contribution in [3.63, 3.8) is 0 Å². The topological polar surface area (TPSA) is 41.9 Å². The van der Waals surface area contributed by atoms with Crippen LogP contribution in [-0.4, -0.2) is 31.1 Å². The van der Waals surface area contributed by atoms with Crippen molar-refractivity contribution in [1.82, 2.24) is 15.0 Å². The lowest BCUT2D eigenvalue weighted by Crippen LogP contribution is -2.75. The zero-order valence-electron chi connectivity index (χ0n) is 44.9. The molecular weight excluding hydrogens is 1000 g/mol. The maximum Gasteiger partial charge on any atom is 0.238 e. The van der Waals surface area contributed by atoms with Crippen molar-refractivity contribution < 1.29 is 0 Å². The van der Waals surface area contributed by atoms with Crippen LogP contribution in [0, 0.1) is 23.2 Å². The van der Waals surface area contributed by atoms with Crippen LogP contribution in [0.3, 0.4) is 0 Å². The average Bonchev–Trinajstić information content (AvgIpc) is 3.64. The van der Waals surface area contributed by atoms with E-state index < -0.39 is 16.1 Å². The van der Waals surface area contributed by atoms with Gasteiger partial charge < -0.3 is 0 Å². The zero-order valence-corrected chi connectivity index (χ0v) is 46.9. The molecule has 0 saturated heterocycles. The van der Waals surface area contributed by atoms with Crippen molar-refractivity contribution in [2.24, 2.45) is 23.2 Å². The van der Waals surface area contributed by atoms with Gasteiger partial charge in [0.05, 0.1) is 11.4 Å². The van der Waals surface area contributed by atoms with E-state index >= 15 is 0 Å². The quantitative estimate of drug-likeness (QED) is 0.0956. The van der Waals surface area contributed by atoms with E-state index in [4.69, 9.17) is 15.0 Å². The van der Waals surface area contributed by atoms with Crippen LogP contribution in [0.1, 0.15) is 49.1 Å². The summed E-state index contributed by atoms with van der Waals surface area (Å²) in [5, 5.41) is 10.2. The third-order valence-corrected chi connectivity index (χ3v) is 28.6. The Labute approximate surface area is 472 Å². The smallest absolute Gasteiger partial charge is 0.238 e. The second-order valence-electron chi connectivity index (χ2n) is 23.2. The number of anilines is 3. The first-order chi connectivity index (χ1) is 39.6. The summed E-state index contributed by atoms with van der Waals surface area (Å²) in [7, 11) is -6.25. The minimum atomic E-state index is -3.13. The number of benzene rings is 10. The zero-order chi connectivity index (χ0) is 53.1. The monoisotopic (exact) mass is 1060 g/mol. The molecule has 4 aliphatic carbocycles. The molecule has 80 heavy (non-hydrogen) atoms. The van der Waals surface area contributed by atoms with Crippen LogP contribution >= 0.6 is 0 Å². The molecule has 1 spiro atoms. The first kappa shape index (κ1) is 48.6. The summed E-state index contributed by atoms with van der Waals surface area (Å²) in [6.07, 6.45) is 7.75. The Morgan fingerprint density at radius 1 is 0.350 bits per heavy atom. The molecule has 11 aromatic rings. The normalized spacial score (nSPS) is 20.0. The van der Waals surface area contributed by atoms with Crippen LogP contribution in [0.2, 0.25) is 0 Å². The van der Waals surface area contributed by atoms with E-state index in [2.05, 4.69) is 284 Å². The molecule has 1 aromatic heterocycles. The summed E-state index contributed by atoms with van der Waals surface area (Å²) < 4.78 is 0. The number of aromatic nitrogens is 3. The van der Waals surface area contributed by atoms with Crippen molar-refractivity contribution >= 4 is 75.0 Å². The fraction of sp³-hybridized carbons (Fsp3) is 0.149. The van der Waals surface area contributed by atoms with Crippen LogP contribution in [0.4, 0.5) is 17.3 Å². The molecule has 0 amide bonds. The summed E-state index contributed by atoms with van der Waals surface area (Å²) in [6, 6.07) is 104. The number of hydrogen-bond acceptors (Lipinski definition) is 4. The molecule has 0 radical (unpaired) electrons. The molecular formula is C74H62N4Si2. The highest BCUT2D eigenvalue weighted by Gasteiger charge is 2.58. The third-order valence-electron chi connectivity index (χ3n) is 19.0. The van der Waals surface area contributed by atoms with Gasteiger partial charge in [-0.1, -0.05) is 267 Å². The lowest BCUT2D eigenvalue weighted by Gasteiger charge is -2.62. The van der Waals surface area contributed by atoms with E-state index in [9.17, 15) is 0 Å². The second kappa shape index (κ2) is 20.0.